The molecule has 5 rings (SSSR count). The van der Waals surface area contributed by atoms with Gasteiger partial charge in [0, 0.05) is 44.3 Å². The molecule has 1 saturated heterocycles. The fraction of sp³-hybridized carbons (Fsp3) is 0.500. The minimum atomic E-state index is -0.0848. The summed E-state index contributed by atoms with van der Waals surface area (Å²) in [6.45, 7) is 4.77. The Morgan fingerprint density at radius 1 is 1.03 bits per heavy atom. The van der Waals surface area contributed by atoms with Crippen LogP contribution in [0.25, 0.3) is 0 Å². The van der Waals surface area contributed by atoms with Crippen LogP contribution >= 0.6 is 0 Å². The summed E-state index contributed by atoms with van der Waals surface area (Å²) in [5.41, 5.74) is 3.08. The Hall–Kier alpha value is -2.60. The van der Waals surface area contributed by atoms with Crippen molar-refractivity contribution >= 4 is 11.7 Å². The monoisotopic (exact) mass is 406 g/mol. The fourth-order valence-electron chi connectivity index (χ4n) is 4.40. The van der Waals surface area contributed by atoms with Gasteiger partial charge in [-0.1, -0.05) is 12.8 Å². The number of hydrogen-bond acceptors (Lipinski definition) is 4. The van der Waals surface area contributed by atoms with Crippen molar-refractivity contribution in [3.63, 3.8) is 0 Å². The fourth-order valence-corrected chi connectivity index (χ4v) is 4.40. The molecular weight excluding hydrogens is 376 g/mol. The van der Waals surface area contributed by atoms with Gasteiger partial charge in [0.1, 0.15) is 11.9 Å². The van der Waals surface area contributed by atoms with E-state index in [1.54, 1.807) is 11.1 Å². The SMILES string of the molecule is O=C(Nc1ccc(OC2CCN(CCC3CC3)CC2)cc1)N1Cc2ccncc2C1. The third-order valence-electron chi connectivity index (χ3n) is 6.51. The van der Waals surface area contributed by atoms with E-state index in [0.717, 1.165) is 48.8 Å². The molecule has 0 unspecified atom stereocenters. The molecule has 1 aromatic carbocycles. The minimum Gasteiger partial charge on any atom is -0.490 e. The molecule has 2 aromatic rings. The molecule has 1 saturated carbocycles. The van der Waals surface area contributed by atoms with Crippen molar-refractivity contribution in [3.05, 3.63) is 53.9 Å². The second-order valence-electron chi connectivity index (χ2n) is 8.85. The Morgan fingerprint density at radius 2 is 1.80 bits per heavy atom. The molecule has 30 heavy (non-hydrogen) atoms. The molecule has 3 aliphatic rings. The Kier molecular flexibility index (Phi) is 5.58. The summed E-state index contributed by atoms with van der Waals surface area (Å²) in [6.07, 6.45) is 10.3. The van der Waals surface area contributed by atoms with E-state index >= 15 is 0 Å². The normalized spacial score (nSPS) is 19.5. The lowest BCUT2D eigenvalue weighted by Crippen LogP contribution is -2.38. The Balaban J connectivity index is 1.07. The van der Waals surface area contributed by atoms with Gasteiger partial charge in [-0.2, -0.15) is 0 Å². The standard InChI is InChI=1S/C24H30N4O2/c29-24(28-16-19-7-11-25-15-20(19)17-28)26-21-3-5-22(6-4-21)30-23-9-13-27(14-10-23)12-8-18-1-2-18/h3-7,11,15,18,23H,1-2,8-10,12-14,16-17H2,(H,26,29). The number of urea groups is 1. The van der Waals surface area contributed by atoms with Crippen LogP contribution in [0, 0.1) is 5.92 Å². The van der Waals surface area contributed by atoms with Crippen molar-refractivity contribution in [2.24, 2.45) is 5.92 Å². The average Bonchev–Trinajstić information content (AvgIpc) is 3.50. The number of anilines is 1. The lowest BCUT2D eigenvalue weighted by atomic mass is 10.1. The zero-order chi connectivity index (χ0) is 20.3. The molecule has 1 aromatic heterocycles. The molecular formula is C24H30N4O2. The predicted molar refractivity (Wildman–Crippen MR) is 116 cm³/mol. The molecule has 158 valence electrons. The molecule has 0 atom stereocenters. The van der Waals surface area contributed by atoms with E-state index in [2.05, 4.69) is 15.2 Å². The number of likely N-dealkylation sites (tertiary alicyclic amines) is 1. The second kappa shape index (κ2) is 8.64. The van der Waals surface area contributed by atoms with Crippen LogP contribution in [0.15, 0.2) is 42.7 Å². The van der Waals surface area contributed by atoms with Gasteiger partial charge >= 0.3 is 6.03 Å². The van der Waals surface area contributed by atoms with Gasteiger partial charge in [0.15, 0.2) is 0 Å². The Labute approximate surface area is 178 Å². The molecule has 0 radical (unpaired) electrons. The molecule has 0 spiro atoms. The van der Waals surface area contributed by atoms with Crippen molar-refractivity contribution in [2.75, 3.05) is 25.0 Å². The smallest absolute Gasteiger partial charge is 0.322 e. The predicted octanol–water partition coefficient (Wildman–Crippen LogP) is 4.27. The lowest BCUT2D eigenvalue weighted by molar-refractivity contribution is 0.0991. The number of ether oxygens (including phenoxy) is 1. The van der Waals surface area contributed by atoms with E-state index in [4.69, 9.17) is 4.74 Å². The number of carbonyl (C=O) groups excluding carboxylic acids is 1. The quantitative estimate of drug-likeness (QED) is 0.778. The topological polar surface area (TPSA) is 57.7 Å². The van der Waals surface area contributed by atoms with Crippen LogP contribution in [-0.4, -0.2) is 46.6 Å². The average molecular weight is 407 g/mol. The van der Waals surface area contributed by atoms with Gasteiger partial charge in [0.05, 0.1) is 0 Å². The number of amides is 2. The molecule has 2 amide bonds. The Morgan fingerprint density at radius 3 is 2.53 bits per heavy atom. The number of carbonyl (C=O) groups is 1. The highest BCUT2D eigenvalue weighted by molar-refractivity contribution is 5.89. The maximum absolute atomic E-state index is 12.6. The van der Waals surface area contributed by atoms with Crippen LogP contribution in [0.4, 0.5) is 10.5 Å². The number of hydrogen-bond donors (Lipinski definition) is 1. The van der Waals surface area contributed by atoms with E-state index < -0.39 is 0 Å². The van der Waals surface area contributed by atoms with Crippen molar-refractivity contribution in [1.29, 1.82) is 0 Å². The third-order valence-corrected chi connectivity index (χ3v) is 6.51. The highest BCUT2D eigenvalue weighted by Crippen LogP contribution is 2.33. The van der Waals surface area contributed by atoms with E-state index in [0.29, 0.717) is 19.2 Å². The first-order valence-corrected chi connectivity index (χ1v) is 11.2. The van der Waals surface area contributed by atoms with Crippen LogP contribution in [-0.2, 0) is 13.1 Å². The van der Waals surface area contributed by atoms with Crippen LogP contribution in [0.2, 0.25) is 0 Å². The number of benzene rings is 1. The third kappa shape index (κ3) is 4.75. The van der Waals surface area contributed by atoms with Crippen LogP contribution in [0.5, 0.6) is 5.75 Å². The summed E-state index contributed by atoms with van der Waals surface area (Å²) in [5, 5.41) is 2.99. The molecule has 1 N–H and O–H groups in total. The maximum atomic E-state index is 12.6. The summed E-state index contributed by atoms with van der Waals surface area (Å²) in [7, 11) is 0. The summed E-state index contributed by atoms with van der Waals surface area (Å²) >= 11 is 0. The van der Waals surface area contributed by atoms with Gasteiger partial charge < -0.3 is 19.9 Å². The molecule has 2 fully saturated rings. The van der Waals surface area contributed by atoms with Crippen molar-refractivity contribution < 1.29 is 9.53 Å². The van der Waals surface area contributed by atoms with E-state index in [1.807, 2.05) is 36.5 Å². The summed E-state index contributed by atoms with van der Waals surface area (Å²) in [6, 6.07) is 9.64. The number of rotatable bonds is 6. The molecule has 0 bridgehead atoms. The summed E-state index contributed by atoms with van der Waals surface area (Å²) in [4.78, 5) is 21.1. The van der Waals surface area contributed by atoms with E-state index in [1.165, 1.54) is 31.4 Å². The minimum absolute atomic E-state index is 0.0848. The van der Waals surface area contributed by atoms with Gasteiger partial charge in [-0.3, -0.25) is 4.98 Å². The highest BCUT2D eigenvalue weighted by atomic mass is 16.5. The zero-order valence-electron chi connectivity index (χ0n) is 17.4. The van der Waals surface area contributed by atoms with Gasteiger partial charge in [-0.15, -0.1) is 0 Å². The summed E-state index contributed by atoms with van der Waals surface area (Å²) in [5.74, 6) is 1.89. The first-order valence-electron chi connectivity index (χ1n) is 11.2. The van der Waals surface area contributed by atoms with Crippen molar-refractivity contribution in [1.82, 2.24) is 14.8 Å². The number of pyridine rings is 1. The van der Waals surface area contributed by atoms with Crippen molar-refractivity contribution in [3.8, 4) is 5.75 Å². The van der Waals surface area contributed by atoms with Crippen LogP contribution in [0.3, 0.4) is 0 Å². The molecule has 6 nitrogen and oxygen atoms in total. The van der Waals surface area contributed by atoms with Gasteiger partial charge in [-0.05, 0) is 73.2 Å². The number of nitrogens with one attached hydrogen (secondary N) is 1. The van der Waals surface area contributed by atoms with Crippen LogP contribution in [0.1, 0.15) is 43.2 Å². The van der Waals surface area contributed by atoms with Crippen molar-refractivity contribution in [2.45, 2.75) is 51.3 Å². The largest absolute Gasteiger partial charge is 0.490 e. The molecule has 1 aliphatic carbocycles. The molecule has 2 aliphatic heterocycles. The van der Waals surface area contributed by atoms with Gasteiger partial charge in [0.2, 0.25) is 0 Å². The Bertz CT molecular complexity index is 848. The van der Waals surface area contributed by atoms with Gasteiger partial charge in [-0.25, -0.2) is 4.79 Å². The number of nitrogens with zero attached hydrogens (tertiary/aromatic N) is 3. The number of aromatic nitrogens is 1. The van der Waals surface area contributed by atoms with E-state index in [9.17, 15) is 4.79 Å². The maximum Gasteiger partial charge on any atom is 0.322 e. The molecule has 6 heteroatoms. The van der Waals surface area contributed by atoms with Crippen LogP contribution < -0.4 is 10.1 Å². The molecule has 3 heterocycles. The number of fused-ring (bicyclic) bond motifs is 1. The summed E-state index contributed by atoms with van der Waals surface area (Å²) < 4.78 is 6.19. The van der Waals surface area contributed by atoms with E-state index in [-0.39, 0.29) is 6.03 Å². The zero-order valence-corrected chi connectivity index (χ0v) is 17.4. The number of piperidine rings is 1. The lowest BCUT2D eigenvalue weighted by Gasteiger charge is -2.32. The first kappa shape index (κ1) is 19.4. The van der Waals surface area contributed by atoms with Gasteiger partial charge in [0.25, 0.3) is 0 Å². The highest BCUT2D eigenvalue weighted by Gasteiger charge is 2.25. The second-order valence-corrected chi connectivity index (χ2v) is 8.85. The first-order chi connectivity index (χ1) is 14.7.